The molecule has 2 rings (SSSR count). The fourth-order valence-electron chi connectivity index (χ4n) is 1.71. The van der Waals surface area contributed by atoms with Crippen LogP contribution in [-0.4, -0.2) is 17.4 Å². The minimum atomic E-state index is -0.151. The van der Waals surface area contributed by atoms with E-state index in [0.29, 0.717) is 5.69 Å². The molecule has 1 unspecified atom stereocenters. The molecule has 0 spiro atoms. The zero-order valence-corrected chi connectivity index (χ0v) is 11.8. The number of rotatable bonds is 5. The van der Waals surface area contributed by atoms with Gasteiger partial charge < -0.3 is 10.6 Å². The predicted octanol–water partition coefficient (Wildman–Crippen LogP) is 3.07. The largest absolute Gasteiger partial charge is 0.384 e. The van der Waals surface area contributed by atoms with Gasteiger partial charge in [-0.3, -0.25) is 4.79 Å². The molecule has 0 fully saturated rings. The molecule has 4 nitrogen and oxygen atoms in total. The van der Waals surface area contributed by atoms with Crippen LogP contribution in [0.2, 0.25) is 0 Å². The van der Waals surface area contributed by atoms with Gasteiger partial charge in [0.1, 0.15) is 5.69 Å². The van der Waals surface area contributed by atoms with Crippen molar-refractivity contribution in [3.05, 3.63) is 46.4 Å². The first kappa shape index (κ1) is 13.5. The molecular weight excluding hydrogens is 258 g/mol. The lowest BCUT2D eigenvalue weighted by Gasteiger charge is -2.12. The highest BCUT2D eigenvalue weighted by molar-refractivity contribution is 7.07. The number of carbonyl (C=O) groups excluding carboxylic acids is 1. The lowest BCUT2D eigenvalue weighted by molar-refractivity contribution is 0.0935. The number of pyridine rings is 1. The van der Waals surface area contributed by atoms with Crippen LogP contribution in [0.1, 0.15) is 35.9 Å². The lowest BCUT2D eigenvalue weighted by atomic mass is 10.2. The molecular formula is C14H17N3OS. The standard InChI is InChI=1S/C14H17N3OS/c1-3-15-12-4-5-13(16-8-12)14(18)17-10(2)11-6-7-19-9-11/h4-10,15H,3H2,1-2H3,(H,17,18). The van der Waals surface area contributed by atoms with Crippen molar-refractivity contribution in [3.8, 4) is 0 Å². The normalized spacial score (nSPS) is 11.9. The highest BCUT2D eigenvalue weighted by Gasteiger charge is 2.12. The number of aromatic nitrogens is 1. The van der Waals surface area contributed by atoms with E-state index in [1.54, 1.807) is 23.6 Å². The average molecular weight is 275 g/mol. The zero-order chi connectivity index (χ0) is 13.7. The van der Waals surface area contributed by atoms with Gasteiger partial charge >= 0.3 is 0 Å². The van der Waals surface area contributed by atoms with E-state index in [1.807, 2.05) is 36.7 Å². The van der Waals surface area contributed by atoms with Gasteiger partial charge in [0.05, 0.1) is 17.9 Å². The first-order valence-electron chi connectivity index (χ1n) is 6.23. The van der Waals surface area contributed by atoms with Gasteiger partial charge in [0.15, 0.2) is 0 Å². The minimum Gasteiger partial charge on any atom is -0.384 e. The van der Waals surface area contributed by atoms with Crippen LogP contribution in [-0.2, 0) is 0 Å². The summed E-state index contributed by atoms with van der Waals surface area (Å²) in [6, 6.07) is 5.60. The molecule has 100 valence electrons. The molecule has 0 radical (unpaired) electrons. The van der Waals surface area contributed by atoms with Crippen molar-refractivity contribution in [1.29, 1.82) is 0 Å². The van der Waals surface area contributed by atoms with Crippen molar-refractivity contribution in [3.63, 3.8) is 0 Å². The molecule has 2 aromatic rings. The molecule has 0 aliphatic heterocycles. The molecule has 0 saturated heterocycles. The highest BCUT2D eigenvalue weighted by Crippen LogP contribution is 2.16. The first-order valence-corrected chi connectivity index (χ1v) is 7.18. The van der Waals surface area contributed by atoms with Crippen LogP contribution in [0.3, 0.4) is 0 Å². The van der Waals surface area contributed by atoms with E-state index in [0.717, 1.165) is 17.8 Å². The fraction of sp³-hybridized carbons (Fsp3) is 0.286. The SMILES string of the molecule is CCNc1ccc(C(=O)NC(C)c2ccsc2)nc1. The van der Waals surface area contributed by atoms with Gasteiger partial charge in [0.25, 0.3) is 5.91 Å². The molecule has 0 bridgehead atoms. The molecule has 0 saturated carbocycles. The van der Waals surface area contributed by atoms with Crippen LogP contribution in [0.15, 0.2) is 35.2 Å². The van der Waals surface area contributed by atoms with Crippen molar-refractivity contribution in [2.45, 2.75) is 19.9 Å². The Morgan fingerprint density at radius 3 is 2.84 bits per heavy atom. The summed E-state index contributed by atoms with van der Waals surface area (Å²) in [7, 11) is 0. The van der Waals surface area contributed by atoms with Crippen molar-refractivity contribution >= 4 is 22.9 Å². The number of thiophene rings is 1. The van der Waals surface area contributed by atoms with E-state index in [1.165, 1.54) is 0 Å². The second-order valence-corrected chi connectivity index (χ2v) is 4.99. The first-order chi connectivity index (χ1) is 9.20. The second-order valence-electron chi connectivity index (χ2n) is 4.21. The maximum absolute atomic E-state index is 12.0. The average Bonchev–Trinajstić information content (AvgIpc) is 2.94. The van der Waals surface area contributed by atoms with E-state index in [2.05, 4.69) is 15.6 Å². The maximum Gasteiger partial charge on any atom is 0.270 e. The number of nitrogens with zero attached hydrogens (tertiary/aromatic N) is 1. The summed E-state index contributed by atoms with van der Waals surface area (Å²) in [5.41, 5.74) is 2.47. The van der Waals surface area contributed by atoms with E-state index in [-0.39, 0.29) is 11.9 Å². The van der Waals surface area contributed by atoms with E-state index < -0.39 is 0 Å². The number of hydrogen-bond acceptors (Lipinski definition) is 4. The third-order valence-electron chi connectivity index (χ3n) is 2.77. The lowest BCUT2D eigenvalue weighted by Crippen LogP contribution is -2.27. The maximum atomic E-state index is 12.0. The molecule has 2 aromatic heterocycles. The van der Waals surface area contributed by atoms with Crippen LogP contribution < -0.4 is 10.6 Å². The number of anilines is 1. The van der Waals surface area contributed by atoms with Crippen LogP contribution >= 0.6 is 11.3 Å². The highest BCUT2D eigenvalue weighted by atomic mass is 32.1. The van der Waals surface area contributed by atoms with Crippen LogP contribution in [0, 0.1) is 0 Å². The summed E-state index contributed by atoms with van der Waals surface area (Å²) in [5, 5.41) is 10.1. The molecule has 0 aliphatic rings. The molecule has 2 N–H and O–H groups in total. The third-order valence-corrected chi connectivity index (χ3v) is 3.47. The van der Waals surface area contributed by atoms with Crippen molar-refractivity contribution in [2.24, 2.45) is 0 Å². The Balaban J connectivity index is 1.99. The summed E-state index contributed by atoms with van der Waals surface area (Å²) in [4.78, 5) is 16.2. The fourth-order valence-corrected chi connectivity index (χ4v) is 2.47. The van der Waals surface area contributed by atoms with Crippen molar-refractivity contribution < 1.29 is 4.79 Å². The molecule has 19 heavy (non-hydrogen) atoms. The van der Waals surface area contributed by atoms with Gasteiger partial charge in [-0.25, -0.2) is 4.98 Å². The Kier molecular flexibility index (Phi) is 4.52. The van der Waals surface area contributed by atoms with Crippen LogP contribution in [0.4, 0.5) is 5.69 Å². The van der Waals surface area contributed by atoms with Gasteiger partial charge in [0, 0.05) is 6.54 Å². The number of nitrogens with one attached hydrogen (secondary N) is 2. The number of amides is 1. The molecule has 2 heterocycles. The van der Waals surface area contributed by atoms with Crippen molar-refractivity contribution in [2.75, 3.05) is 11.9 Å². The third kappa shape index (κ3) is 3.54. The quantitative estimate of drug-likeness (QED) is 0.881. The van der Waals surface area contributed by atoms with E-state index >= 15 is 0 Å². The van der Waals surface area contributed by atoms with E-state index in [9.17, 15) is 4.79 Å². The molecule has 0 aromatic carbocycles. The Morgan fingerprint density at radius 2 is 2.26 bits per heavy atom. The summed E-state index contributed by atoms with van der Waals surface area (Å²) >= 11 is 1.62. The summed E-state index contributed by atoms with van der Waals surface area (Å²) in [6.07, 6.45) is 1.67. The van der Waals surface area contributed by atoms with E-state index in [4.69, 9.17) is 0 Å². The predicted molar refractivity (Wildman–Crippen MR) is 78.6 cm³/mol. The Morgan fingerprint density at radius 1 is 1.42 bits per heavy atom. The summed E-state index contributed by atoms with van der Waals surface area (Å²) < 4.78 is 0. The second kappa shape index (κ2) is 6.33. The van der Waals surface area contributed by atoms with Crippen LogP contribution in [0.5, 0.6) is 0 Å². The van der Waals surface area contributed by atoms with Gasteiger partial charge in [0.2, 0.25) is 0 Å². The Hall–Kier alpha value is -1.88. The molecule has 1 atom stereocenters. The Bertz CT molecular complexity index is 522. The minimum absolute atomic E-state index is 0.00556. The van der Waals surface area contributed by atoms with Gasteiger partial charge in [-0.1, -0.05) is 0 Å². The van der Waals surface area contributed by atoms with Gasteiger partial charge in [-0.2, -0.15) is 11.3 Å². The van der Waals surface area contributed by atoms with Crippen LogP contribution in [0.25, 0.3) is 0 Å². The van der Waals surface area contributed by atoms with Crippen molar-refractivity contribution in [1.82, 2.24) is 10.3 Å². The summed E-state index contributed by atoms with van der Waals surface area (Å²) in [6.45, 7) is 4.82. The van der Waals surface area contributed by atoms with Gasteiger partial charge in [-0.05, 0) is 48.4 Å². The molecule has 5 heteroatoms. The molecule has 1 amide bonds. The van der Waals surface area contributed by atoms with Gasteiger partial charge in [-0.15, -0.1) is 0 Å². The Labute approximate surface area is 116 Å². The number of hydrogen-bond donors (Lipinski definition) is 2. The summed E-state index contributed by atoms with van der Waals surface area (Å²) in [5.74, 6) is -0.151. The molecule has 0 aliphatic carbocycles. The topological polar surface area (TPSA) is 54.0 Å². The zero-order valence-electron chi connectivity index (χ0n) is 11.0. The smallest absolute Gasteiger partial charge is 0.270 e. The number of carbonyl (C=O) groups is 1. The monoisotopic (exact) mass is 275 g/mol.